The Bertz CT molecular complexity index is 579. The van der Waals surface area contributed by atoms with Crippen LogP contribution in [0.5, 0.6) is 0 Å². The molecule has 0 amide bonds. The fourth-order valence-electron chi connectivity index (χ4n) is 3.52. The summed E-state index contributed by atoms with van der Waals surface area (Å²) in [6.07, 6.45) is 4.78. The van der Waals surface area contributed by atoms with Crippen LogP contribution < -0.4 is 5.73 Å². The molecule has 3 rings (SSSR count). The van der Waals surface area contributed by atoms with Crippen LogP contribution in [0.3, 0.4) is 0 Å². The van der Waals surface area contributed by atoms with E-state index >= 15 is 0 Å². The van der Waals surface area contributed by atoms with Crippen molar-refractivity contribution in [2.45, 2.75) is 51.5 Å². The molecule has 2 heteroatoms. The minimum Gasteiger partial charge on any atom is -0.327 e. The minimum absolute atomic E-state index is 0.239. The summed E-state index contributed by atoms with van der Waals surface area (Å²) < 4.78 is 0. The molecular formula is C18H23NS. The van der Waals surface area contributed by atoms with Crippen molar-refractivity contribution in [3.63, 3.8) is 0 Å². The van der Waals surface area contributed by atoms with Gasteiger partial charge in [-0.05, 0) is 73.2 Å². The normalized spacial score (nSPS) is 19.6. The molecule has 2 aromatic rings. The van der Waals surface area contributed by atoms with Gasteiger partial charge in [0.25, 0.3) is 0 Å². The summed E-state index contributed by atoms with van der Waals surface area (Å²) in [4.78, 5) is 1.57. The summed E-state index contributed by atoms with van der Waals surface area (Å²) in [5.41, 5.74) is 12.3. The van der Waals surface area contributed by atoms with Crippen LogP contribution >= 0.6 is 11.3 Å². The Labute approximate surface area is 125 Å². The highest BCUT2D eigenvalue weighted by molar-refractivity contribution is 7.10. The van der Waals surface area contributed by atoms with Gasteiger partial charge in [0, 0.05) is 16.8 Å². The summed E-state index contributed by atoms with van der Waals surface area (Å²) in [6, 6.07) is 9.08. The number of hydrogen-bond acceptors (Lipinski definition) is 2. The van der Waals surface area contributed by atoms with Crippen molar-refractivity contribution in [1.82, 2.24) is 0 Å². The lowest BCUT2D eigenvalue weighted by Gasteiger charge is -2.29. The molecule has 0 radical (unpaired) electrons. The Morgan fingerprint density at radius 3 is 2.75 bits per heavy atom. The standard InChI is InChI=1S/C18H23NS/c1-12-5-3-6-13(2)16(12)11-17(19)14-7-4-8-18-15(14)9-10-20-18/h3,5-6,9-10,14,17H,4,7-8,11,19H2,1-2H3. The van der Waals surface area contributed by atoms with Crippen molar-refractivity contribution in [2.75, 3.05) is 0 Å². The predicted molar refractivity (Wildman–Crippen MR) is 87.6 cm³/mol. The molecule has 0 bridgehead atoms. The fourth-order valence-corrected chi connectivity index (χ4v) is 4.51. The number of thiophene rings is 1. The first-order chi connectivity index (χ1) is 9.66. The van der Waals surface area contributed by atoms with Gasteiger partial charge in [-0.3, -0.25) is 0 Å². The first-order valence-corrected chi connectivity index (χ1v) is 8.41. The van der Waals surface area contributed by atoms with E-state index in [1.54, 1.807) is 4.88 Å². The quantitative estimate of drug-likeness (QED) is 0.891. The average Bonchev–Trinajstić information content (AvgIpc) is 2.91. The Hall–Kier alpha value is -1.12. The van der Waals surface area contributed by atoms with Gasteiger partial charge in [0.05, 0.1) is 0 Å². The zero-order chi connectivity index (χ0) is 14.1. The number of benzene rings is 1. The molecule has 1 aliphatic carbocycles. The number of hydrogen-bond donors (Lipinski definition) is 1. The molecule has 2 N–H and O–H groups in total. The minimum atomic E-state index is 0.239. The molecule has 0 spiro atoms. The molecule has 0 aliphatic heterocycles. The van der Waals surface area contributed by atoms with Gasteiger partial charge in [-0.2, -0.15) is 0 Å². The highest BCUT2D eigenvalue weighted by atomic mass is 32.1. The Morgan fingerprint density at radius 2 is 2.00 bits per heavy atom. The molecule has 1 aliphatic rings. The summed E-state index contributed by atoms with van der Waals surface area (Å²) in [5.74, 6) is 0.545. The lowest BCUT2D eigenvalue weighted by Crippen LogP contribution is -2.33. The van der Waals surface area contributed by atoms with Crippen LogP contribution in [-0.2, 0) is 12.8 Å². The molecule has 0 fully saturated rings. The van der Waals surface area contributed by atoms with Gasteiger partial charge in [0.15, 0.2) is 0 Å². The van der Waals surface area contributed by atoms with E-state index in [0.29, 0.717) is 5.92 Å². The number of rotatable bonds is 3. The third-order valence-corrected chi connectivity index (χ3v) is 5.70. The van der Waals surface area contributed by atoms with Crippen molar-refractivity contribution >= 4 is 11.3 Å². The van der Waals surface area contributed by atoms with Gasteiger partial charge in [-0.1, -0.05) is 18.2 Å². The zero-order valence-corrected chi connectivity index (χ0v) is 13.2. The Morgan fingerprint density at radius 1 is 1.25 bits per heavy atom. The third-order valence-electron chi connectivity index (χ3n) is 4.70. The van der Waals surface area contributed by atoms with E-state index in [9.17, 15) is 0 Å². The topological polar surface area (TPSA) is 26.0 Å². The number of fused-ring (bicyclic) bond motifs is 1. The highest BCUT2D eigenvalue weighted by Gasteiger charge is 2.27. The molecule has 1 aromatic heterocycles. The molecule has 2 unspecified atom stereocenters. The SMILES string of the molecule is Cc1cccc(C)c1CC(N)C1CCCc2sccc21. The van der Waals surface area contributed by atoms with Gasteiger partial charge in [-0.15, -0.1) is 11.3 Å². The van der Waals surface area contributed by atoms with Crippen molar-refractivity contribution in [3.05, 3.63) is 56.8 Å². The Kier molecular flexibility index (Phi) is 3.95. The van der Waals surface area contributed by atoms with E-state index in [1.165, 1.54) is 41.5 Å². The van der Waals surface area contributed by atoms with Gasteiger partial charge in [-0.25, -0.2) is 0 Å². The van der Waals surface area contributed by atoms with Crippen molar-refractivity contribution in [1.29, 1.82) is 0 Å². The van der Waals surface area contributed by atoms with Gasteiger partial charge in [0.2, 0.25) is 0 Å². The highest BCUT2D eigenvalue weighted by Crippen LogP contribution is 2.37. The van der Waals surface area contributed by atoms with Crippen LogP contribution in [0.25, 0.3) is 0 Å². The van der Waals surface area contributed by atoms with E-state index in [2.05, 4.69) is 43.5 Å². The maximum absolute atomic E-state index is 6.60. The van der Waals surface area contributed by atoms with E-state index in [0.717, 1.165) is 6.42 Å². The second-order valence-electron chi connectivity index (χ2n) is 6.04. The molecular weight excluding hydrogens is 262 g/mol. The van der Waals surface area contributed by atoms with Gasteiger partial charge in [0.1, 0.15) is 0 Å². The second-order valence-corrected chi connectivity index (χ2v) is 7.04. The van der Waals surface area contributed by atoms with Gasteiger partial charge >= 0.3 is 0 Å². The van der Waals surface area contributed by atoms with Crippen LogP contribution in [0.15, 0.2) is 29.6 Å². The van der Waals surface area contributed by atoms with Gasteiger partial charge < -0.3 is 5.73 Å². The maximum Gasteiger partial charge on any atom is 0.0149 e. The van der Waals surface area contributed by atoms with Crippen molar-refractivity contribution < 1.29 is 0 Å². The summed E-state index contributed by atoms with van der Waals surface area (Å²) in [7, 11) is 0. The number of aryl methyl sites for hydroxylation is 3. The molecule has 20 heavy (non-hydrogen) atoms. The monoisotopic (exact) mass is 285 g/mol. The van der Waals surface area contributed by atoms with Crippen LogP contribution in [0.1, 0.15) is 45.9 Å². The molecule has 0 saturated carbocycles. The first-order valence-electron chi connectivity index (χ1n) is 7.53. The smallest absolute Gasteiger partial charge is 0.0149 e. The average molecular weight is 285 g/mol. The van der Waals surface area contributed by atoms with E-state index in [4.69, 9.17) is 5.73 Å². The maximum atomic E-state index is 6.60. The number of nitrogens with two attached hydrogens (primary N) is 1. The molecule has 106 valence electrons. The van der Waals surface area contributed by atoms with Crippen LogP contribution in [0.4, 0.5) is 0 Å². The lowest BCUT2D eigenvalue weighted by atomic mass is 9.80. The van der Waals surface area contributed by atoms with Crippen LogP contribution in [0.2, 0.25) is 0 Å². The van der Waals surface area contributed by atoms with Crippen LogP contribution in [-0.4, -0.2) is 6.04 Å². The fraction of sp³-hybridized carbons (Fsp3) is 0.444. The predicted octanol–water partition coefficient (Wildman–Crippen LogP) is 4.35. The van der Waals surface area contributed by atoms with E-state index in [1.807, 2.05) is 11.3 Å². The molecule has 2 atom stereocenters. The molecule has 1 nitrogen and oxygen atoms in total. The summed E-state index contributed by atoms with van der Waals surface area (Å²) >= 11 is 1.90. The summed E-state index contributed by atoms with van der Waals surface area (Å²) in [5, 5.41) is 2.23. The van der Waals surface area contributed by atoms with Crippen LogP contribution in [0, 0.1) is 13.8 Å². The Balaban J connectivity index is 1.83. The zero-order valence-electron chi connectivity index (χ0n) is 12.4. The molecule has 0 saturated heterocycles. The second kappa shape index (κ2) is 5.71. The van der Waals surface area contributed by atoms with Crippen molar-refractivity contribution in [3.8, 4) is 0 Å². The van der Waals surface area contributed by atoms with E-state index in [-0.39, 0.29) is 6.04 Å². The molecule has 1 aromatic carbocycles. The largest absolute Gasteiger partial charge is 0.327 e. The lowest BCUT2D eigenvalue weighted by molar-refractivity contribution is 0.463. The first kappa shape index (κ1) is 13.8. The van der Waals surface area contributed by atoms with Crippen molar-refractivity contribution in [2.24, 2.45) is 5.73 Å². The summed E-state index contributed by atoms with van der Waals surface area (Å²) in [6.45, 7) is 4.40. The third kappa shape index (κ3) is 2.55. The molecule has 1 heterocycles. The van der Waals surface area contributed by atoms with E-state index < -0.39 is 0 Å².